The van der Waals surface area contributed by atoms with Crippen molar-refractivity contribution in [2.75, 3.05) is 50.2 Å². The Balaban J connectivity index is 1.42. The highest BCUT2D eigenvalue weighted by atomic mass is 16.5. The number of hydrogen-bond donors (Lipinski definition) is 0. The maximum Gasteiger partial charge on any atom is 0.225 e. The Labute approximate surface area is 179 Å². The Morgan fingerprint density at radius 3 is 2.29 bits per heavy atom. The summed E-state index contributed by atoms with van der Waals surface area (Å²) in [5.41, 5.74) is 2.78. The fourth-order valence-electron chi connectivity index (χ4n) is 3.86. The molecule has 0 spiro atoms. The molecule has 1 fully saturated rings. The highest BCUT2D eigenvalue weighted by Gasteiger charge is 2.22. The van der Waals surface area contributed by atoms with Crippen molar-refractivity contribution in [2.24, 2.45) is 0 Å². The predicted molar refractivity (Wildman–Crippen MR) is 118 cm³/mol. The molecule has 31 heavy (non-hydrogen) atoms. The van der Waals surface area contributed by atoms with E-state index in [-0.39, 0.29) is 0 Å². The predicted octanol–water partition coefficient (Wildman–Crippen LogP) is 2.53. The van der Waals surface area contributed by atoms with Crippen LogP contribution in [0.15, 0.2) is 55.1 Å². The summed E-state index contributed by atoms with van der Waals surface area (Å²) in [7, 11) is 3.26. The average molecular weight is 417 g/mol. The van der Waals surface area contributed by atoms with Gasteiger partial charge in [-0.2, -0.15) is 5.10 Å². The Morgan fingerprint density at radius 2 is 1.55 bits per heavy atom. The molecule has 9 heteroatoms. The van der Waals surface area contributed by atoms with Gasteiger partial charge < -0.3 is 19.3 Å². The first-order valence-electron chi connectivity index (χ1n) is 10.1. The number of rotatable bonds is 5. The van der Waals surface area contributed by atoms with Gasteiger partial charge in [0.2, 0.25) is 5.95 Å². The number of hydrogen-bond acceptors (Lipinski definition) is 8. The van der Waals surface area contributed by atoms with Crippen molar-refractivity contribution in [3.8, 4) is 22.8 Å². The number of piperazine rings is 1. The molecule has 4 heterocycles. The van der Waals surface area contributed by atoms with Gasteiger partial charge in [0.25, 0.3) is 0 Å². The van der Waals surface area contributed by atoms with Gasteiger partial charge in [0.15, 0.2) is 17.3 Å². The summed E-state index contributed by atoms with van der Waals surface area (Å²) in [5.74, 6) is 3.07. The lowest BCUT2D eigenvalue weighted by molar-refractivity contribution is 0.355. The second-order valence-electron chi connectivity index (χ2n) is 7.20. The third-order valence-electron chi connectivity index (χ3n) is 5.46. The molecule has 1 aliphatic rings. The average Bonchev–Trinajstić information content (AvgIpc) is 3.29. The monoisotopic (exact) mass is 417 g/mol. The summed E-state index contributed by atoms with van der Waals surface area (Å²) < 4.78 is 12.7. The molecular weight excluding hydrogens is 394 g/mol. The van der Waals surface area contributed by atoms with Crippen LogP contribution in [0.25, 0.3) is 16.8 Å². The highest BCUT2D eigenvalue weighted by Crippen LogP contribution is 2.33. The largest absolute Gasteiger partial charge is 0.493 e. The van der Waals surface area contributed by atoms with E-state index in [0.29, 0.717) is 11.5 Å². The van der Waals surface area contributed by atoms with Gasteiger partial charge in [-0.1, -0.05) is 0 Å². The van der Waals surface area contributed by atoms with Gasteiger partial charge in [0, 0.05) is 56.5 Å². The normalized spacial score (nSPS) is 14.1. The molecule has 1 aliphatic heterocycles. The van der Waals surface area contributed by atoms with Crippen LogP contribution in [-0.4, -0.2) is 65.0 Å². The lowest BCUT2D eigenvalue weighted by Gasteiger charge is -2.35. The summed E-state index contributed by atoms with van der Waals surface area (Å²) in [4.78, 5) is 17.9. The molecule has 0 saturated carbocycles. The molecule has 0 amide bonds. The molecule has 0 radical (unpaired) electrons. The summed E-state index contributed by atoms with van der Waals surface area (Å²) >= 11 is 0. The second kappa shape index (κ2) is 8.10. The van der Waals surface area contributed by atoms with E-state index in [1.54, 1.807) is 32.8 Å². The van der Waals surface area contributed by atoms with Crippen LogP contribution in [0.2, 0.25) is 0 Å². The Hall–Kier alpha value is -3.88. The topological polar surface area (TPSA) is 80.9 Å². The molecule has 5 rings (SSSR count). The fraction of sp³-hybridized carbons (Fsp3) is 0.273. The van der Waals surface area contributed by atoms with Gasteiger partial charge in [-0.3, -0.25) is 0 Å². The van der Waals surface area contributed by atoms with Crippen molar-refractivity contribution in [3.63, 3.8) is 0 Å². The number of anilines is 2. The van der Waals surface area contributed by atoms with E-state index in [9.17, 15) is 0 Å². The second-order valence-corrected chi connectivity index (χ2v) is 7.20. The van der Waals surface area contributed by atoms with Crippen molar-refractivity contribution in [2.45, 2.75) is 0 Å². The van der Waals surface area contributed by atoms with Crippen molar-refractivity contribution in [1.29, 1.82) is 0 Å². The van der Waals surface area contributed by atoms with E-state index in [4.69, 9.17) is 14.6 Å². The Morgan fingerprint density at radius 1 is 0.806 bits per heavy atom. The quantitative estimate of drug-likeness (QED) is 0.490. The molecule has 3 aromatic heterocycles. The zero-order valence-corrected chi connectivity index (χ0v) is 17.5. The summed E-state index contributed by atoms with van der Waals surface area (Å²) in [6.07, 6.45) is 7.22. The SMILES string of the molecule is COc1ccc(-c2cc3c(N4CCN(c5ncccn5)CC4)nccn3n2)cc1OC. The molecule has 9 nitrogen and oxygen atoms in total. The minimum absolute atomic E-state index is 0.676. The number of aromatic nitrogens is 5. The molecular formula is C22H23N7O2. The fourth-order valence-corrected chi connectivity index (χ4v) is 3.86. The van der Waals surface area contributed by atoms with Crippen LogP contribution in [0.3, 0.4) is 0 Å². The number of fused-ring (bicyclic) bond motifs is 1. The molecule has 0 N–H and O–H groups in total. The first kappa shape index (κ1) is 19.1. The first-order valence-corrected chi connectivity index (χ1v) is 10.1. The maximum atomic E-state index is 5.44. The number of benzene rings is 1. The zero-order valence-electron chi connectivity index (χ0n) is 17.5. The van der Waals surface area contributed by atoms with E-state index in [1.807, 2.05) is 35.0 Å². The van der Waals surface area contributed by atoms with Crippen LogP contribution in [0.4, 0.5) is 11.8 Å². The van der Waals surface area contributed by atoms with E-state index in [2.05, 4.69) is 30.8 Å². The smallest absolute Gasteiger partial charge is 0.225 e. The highest BCUT2D eigenvalue weighted by molar-refractivity contribution is 5.76. The number of nitrogens with zero attached hydrogens (tertiary/aromatic N) is 7. The van der Waals surface area contributed by atoms with Gasteiger partial charge in [-0.05, 0) is 30.3 Å². The lowest BCUT2D eigenvalue weighted by Crippen LogP contribution is -2.47. The minimum Gasteiger partial charge on any atom is -0.493 e. The number of ether oxygens (including phenoxy) is 2. The van der Waals surface area contributed by atoms with Crippen LogP contribution < -0.4 is 19.3 Å². The van der Waals surface area contributed by atoms with Gasteiger partial charge >= 0.3 is 0 Å². The van der Waals surface area contributed by atoms with Crippen LogP contribution in [0.1, 0.15) is 0 Å². The van der Waals surface area contributed by atoms with Gasteiger partial charge in [-0.15, -0.1) is 0 Å². The molecule has 4 aromatic rings. The summed E-state index contributed by atoms with van der Waals surface area (Å²) in [5, 5.41) is 4.76. The van der Waals surface area contributed by atoms with E-state index < -0.39 is 0 Å². The van der Waals surface area contributed by atoms with E-state index >= 15 is 0 Å². The molecule has 1 aromatic carbocycles. The molecule has 0 aliphatic carbocycles. The minimum atomic E-state index is 0.676. The third-order valence-corrected chi connectivity index (χ3v) is 5.46. The summed E-state index contributed by atoms with van der Waals surface area (Å²) in [6.45, 7) is 3.34. The van der Waals surface area contributed by atoms with Crippen LogP contribution in [0, 0.1) is 0 Å². The molecule has 158 valence electrons. The number of methoxy groups -OCH3 is 2. The van der Waals surface area contributed by atoms with Crippen molar-refractivity contribution >= 4 is 17.3 Å². The molecule has 0 bridgehead atoms. The van der Waals surface area contributed by atoms with E-state index in [1.165, 1.54) is 0 Å². The summed E-state index contributed by atoms with van der Waals surface area (Å²) in [6, 6.07) is 9.71. The van der Waals surface area contributed by atoms with E-state index in [0.717, 1.165) is 54.7 Å². The van der Waals surface area contributed by atoms with Crippen molar-refractivity contribution < 1.29 is 9.47 Å². The zero-order chi connectivity index (χ0) is 21.2. The standard InChI is InChI=1S/C22H23N7O2/c1-30-19-5-4-16(14-20(19)31-2)17-15-18-21(23-8-9-29(18)26-17)27-10-12-28(13-11-27)22-24-6-3-7-25-22/h3-9,14-15H,10-13H2,1-2H3. The van der Waals surface area contributed by atoms with Crippen molar-refractivity contribution in [1.82, 2.24) is 24.6 Å². The van der Waals surface area contributed by atoms with Crippen LogP contribution in [0.5, 0.6) is 11.5 Å². The molecule has 0 atom stereocenters. The maximum absolute atomic E-state index is 5.44. The van der Waals surface area contributed by atoms with Gasteiger partial charge in [-0.25, -0.2) is 19.5 Å². The van der Waals surface area contributed by atoms with Gasteiger partial charge in [0.05, 0.1) is 19.9 Å². The van der Waals surface area contributed by atoms with Gasteiger partial charge in [0.1, 0.15) is 5.52 Å². The van der Waals surface area contributed by atoms with Crippen molar-refractivity contribution in [3.05, 3.63) is 55.1 Å². The van der Waals surface area contributed by atoms with Crippen LogP contribution >= 0.6 is 0 Å². The van der Waals surface area contributed by atoms with Crippen LogP contribution in [-0.2, 0) is 0 Å². The Bertz CT molecular complexity index is 1190. The molecule has 1 saturated heterocycles. The lowest BCUT2D eigenvalue weighted by atomic mass is 10.1. The first-order chi connectivity index (χ1) is 15.3. The Kier molecular flexibility index (Phi) is 4.99. The molecule has 0 unspecified atom stereocenters. The third kappa shape index (κ3) is 3.58.